The fourth-order valence-electron chi connectivity index (χ4n) is 3.96. The number of nitrogens with zero attached hydrogens (tertiary/aromatic N) is 4. The molecular weight excluding hydrogens is 410 g/mol. The van der Waals surface area contributed by atoms with Crippen molar-refractivity contribution in [2.45, 2.75) is 40.3 Å². The number of methoxy groups -OCH3 is 1. The number of hydrogen-bond acceptors (Lipinski definition) is 8. The zero-order valence-corrected chi connectivity index (χ0v) is 19.5. The van der Waals surface area contributed by atoms with Crippen molar-refractivity contribution in [3.63, 3.8) is 0 Å². The Balaban J connectivity index is 1.48. The molecule has 1 unspecified atom stereocenters. The fourth-order valence-corrected chi connectivity index (χ4v) is 4.56. The molecule has 7 nitrogen and oxygen atoms in total. The summed E-state index contributed by atoms with van der Waals surface area (Å²) in [6.07, 6.45) is -0.0633. The third kappa shape index (κ3) is 4.87. The molecular formula is C23H29N5O2S. The Morgan fingerprint density at radius 1 is 1.19 bits per heavy atom. The molecule has 31 heavy (non-hydrogen) atoms. The highest BCUT2D eigenvalue weighted by Crippen LogP contribution is 2.30. The van der Waals surface area contributed by atoms with Crippen molar-refractivity contribution in [3.8, 4) is 5.75 Å². The van der Waals surface area contributed by atoms with Crippen LogP contribution in [-0.2, 0) is 11.3 Å². The second-order valence-electron chi connectivity index (χ2n) is 7.92. The lowest BCUT2D eigenvalue weighted by atomic mass is 9.96. The van der Waals surface area contributed by atoms with Crippen LogP contribution in [0.25, 0.3) is 0 Å². The van der Waals surface area contributed by atoms with Gasteiger partial charge in [0.1, 0.15) is 22.7 Å². The van der Waals surface area contributed by atoms with Crippen LogP contribution in [0.5, 0.6) is 5.75 Å². The van der Waals surface area contributed by atoms with Crippen LogP contribution in [0.1, 0.15) is 39.1 Å². The van der Waals surface area contributed by atoms with E-state index < -0.39 is 0 Å². The van der Waals surface area contributed by atoms with Gasteiger partial charge in [0.15, 0.2) is 0 Å². The molecule has 8 heteroatoms. The number of aryl methyl sites for hydroxylation is 2. The van der Waals surface area contributed by atoms with Gasteiger partial charge in [-0.2, -0.15) is 0 Å². The first kappa shape index (κ1) is 21.7. The van der Waals surface area contributed by atoms with Crippen LogP contribution in [0, 0.1) is 27.7 Å². The second-order valence-corrected chi connectivity index (χ2v) is 9.10. The van der Waals surface area contributed by atoms with Gasteiger partial charge in [-0.3, -0.25) is 4.90 Å². The van der Waals surface area contributed by atoms with E-state index in [1.807, 2.05) is 25.1 Å². The van der Waals surface area contributed by atoms with Gasteiger partial charge in [-0.05, 0) is 68.1 Å². The van der Waals surface area contributed by atoms with Gasteiger partial charge in [0.05, 0.1) is 19.4 Å². The van der Waals surface area contributed by atoms with Crippen molar-refractivity contribution < 1.29 is 9.47 Å². The molecule has 3 aromatic rings. The molecule has 0 saturated carbocycles. The summed E-state index contributed by atoms with van der Waals surface area (Å²) in [5, 5.41) is 13.1. The van der Waals surface area contributed by atoms with Gasteiger partial charge in [0, 0.05) is 19.6 Å². The van der Waals surface area contributed by atoms with Crippen molar-refractivity contribution in [1.82, 2.24) is 20.1 Å². The topological polar surface area (TPSA) is 72.4 Å². The molecule has 2 aromatic heterocycles. The summed E-state index contributed by atoms with van der Waals surface area (Å²) >= 11 is 1.51. The Hall–Kier alpha value is -2.55. The summed E-state index contributed by atoms with van der Waals surface area (Å²) in [7, 11) is 1.73. The summed E-state index contributed by atoms with van der Waals surface area (Å²) in [6, 6.07) is 8.11. The predicted octanol–water partition coefficient (Wildman–Crippen LogP) is 4.49. The molecule has 0 spiro atoms. The van der Waals surface area contributed by atoms with Crippen LogP contribution in [0.4, 0.5) is 10.9 Å². The van der Waals surface area contributed by atoms with Crippen molar-refractivity contribution in [3.05, 3.63) is 57.2 Å². The lowest BCUT2D eigenvalue weighted by Gasteiger charge is -2.33. The molecule has 0 radical (unpaired) electrons. The molecule has 1 aromatic carbocycles. The molecule has 1 aliphatic heterocycles. The minimum atomic E-state index is -0.0633. The monoisotopic (exact) mass is 439 g/mol. The van der Waals surface area contributed by atoms with Crippen LogP contribution in [0.3, 0.4) is 0 Å². The van der Waals surface area contributed by atoms with Gasteiger partial charge in [0.25, 0.3) is 0 Å². The molecule has 1 atom stereocenters. The van der Waals surface area contributed by atoms with Gasteiger partial charge in [-0.25, -0.2) is 4.98 Å². The number of anilines is 2. The van der Waals surface area contributed by atoms with Crippen LogP contribution in [0.15, 0.2) is 24.3 Å². The molecule has 1 saturated heterocycles. The van der Waals surface area contributed by atoms with Crippen LogP contribution in [0.2, 0.25) is 0 Å². The van der Waals surface area contributed by atoms with Gasteiger partial charge in [-0.15, -0.1) is 10.2 Å². The van der Waals surface area contributed by atoms with Gasteiger partial charge < -0.3 is 14.8 Å². The average molecular weight is 440 g/mol. The van der Waals surface area contributed by atoms with E-state index in [1.54, 1.807) is 7.11 Å². The summed E-state index contributed by atoms with van der Waals surface area (Å²) in [5.41, 5.74) is 6.07. The average Bonchev–Trinajstić information content (AvgIpc) is 3.18. The number of ether oxygens (including phenoxy) is 2. The highest BCUT2D eigenvalue weighted by molar-refractivity contribution is 7.15. The first-order valence-corrected chi connectivity index (χ1v) is 11.3. The normalized spacial score (nSPS) is 17.0. The van der Waals surface area contributed by atoms with Crippen molar-refractivity contribution in [1.29, 1.82) is 0 Å². The number of benzene rings is 1. The van der Waals surface area contributed by atoms with Crippen LogP contribution < -0.4 is 10.1 Å². The minimum Gasteiger partial charge on any atom is -0.496 e. The van der Waals surface area contributed by atoms with Crippen molar-refractivity contribution >= 4 is 22.3 Å². The Morgan fingerprint density at radius 3 is 2.77 bits per heavy atom. The smallest absolute Gasteiger partial charge is 0.211 e. The van der Waals surface area contributed by atoms with Gasteiger partial charge in [0.2, 0.25) is 5.13 Å². The second kappa shape index (κ2) is 9.30. The molecule has 0 amide bonds. The summed E-state index contributed by atoms with van der Waals surface area (Å²) in [5.74, 6) is 1.71. The lowest BCUT2D eigenvalue weighted by Crippen LogP contribution is -2.38. The minimum absolute atomic E-state index is 0.0633. The standard InChI is InChI=1S/C23H29N5O2S/c1-14-11-20(29-5)16(3)15(2)18(14)12-28-9-10-30-21(13-28)19-7-6-8-22(24-19)25-23-27-26-17(4)31-23/h6-8,11,21H,9-10,12-13H2,1-5H3,(H,24,25,27). The number of pyridine rings is 1. The lowest BCUT2D eigenvalue weighted by molar-refractivity contribution is -0.0350. The summed E-state index contributed by atoms with van der Waals surface area (Å²) < 4.78 is 11.6. The van der Waals surface area contributed by atoms with Crippen LogP contribution >= 0.6 is 11.3 Å². The maximum atomic E-state index is 6.08. The maximum Gasteiger partial charge on any atom is 0.211 e. The molecule has 1 N–H and O–H groups in total. The highest BCUT2D eigenvalue weighted by atomic mass is 32.1. The number of hydrogen-bond donors (Lipinski definition) is 1. The first-order valence-electron chi connectivity index (χ1n) is 10.5. The Morgan fingerprint density at radius 2 is 2.03 bits per heavy atom. The van der Waals surface area contributed by atoms with E-state index >= 15 is 0 Å². The third-order valence-corrected chi connectivity index (χ3v) is 6.58. The zero-order valence-electron chi connectivity index (χ0n) is 18.7. The van der Waals surface area contributed by atoms with E-state index in [4.69, 9.17) is 14.5 Å². The van der Waals surface area contributed by atoms with Gasteiger partial charge in [-0.1, -0.05) is 17.4 Å². The molecule has 164 valence electrons. The maximum absolute atomic E-state index is 6.08. The number of rotatable bonds is 6. The molecule has 0 aliphatic carbocycles. The molecule has 1 fully saturated rings. The van der Waals surface area contributed by atoms with Crippen molar-refractivity contribution in [2.24, 2.45) is 0 Å². The van der Waals surface area contributed by atoms with E-state index in [2.05, 4.69) is 47.3 Å². The van der Waals surface area contributed by atoms with Crippen LogP contribution in [-0.4, -0.2) is 46.9 Å². The fraction of sp³-hybridized carbons (Fsp3) is 0.435. The van der Waals surface area contributed by atoms with Crippen molar-refractivity contribution in [2.75, 3.05) is 32.1 Å². The van der Waals surface area contributed by atoms with E-state index in [0.717, 1.165) is 47.0 Å². The highest BCUT2D eigenvalue weighted by Gasteiger charge is 2.24. The largest absolute Gasteiger partial charge is 0.496 e. The number of aromatic nitrogens is 3. The van der Waals surface area contributed by atoms with E-state index in [-0.39, 0.29) is 6.10 Å². The Kier molecular flexibility index (Phi) is 6.50. The first-order chi connectivity index (χ1) is 14.9. The van der Waals surface area contributed by atoms with E-state index in [0.29, 0.717) is 6.61 Å². The third-order valence-electron chi connectivity index (χ3n) is 5.82. The van der Waals surface area contributed by atoms with E-state index in [9.17, 15) is 0 Å². The summed E-state index contributed by atoms with van der Waals surface area (Å²) in [6.45, 7) is 11.7. The quantitative estimate of drug-likeness (QED) is 0.606. The van der Waals surface area contributed by atoms with E-state index in [1.165, 1.54) is 33.6 Å². The summed E-state index contributed by atoms with van der Waals surface area (Å²) in [4.78, 5) is 7.22. The molecule has 0 bridgehead atoms. The number of nitrogens with one attached hydrogen (secondary N) is 1. The zero-order chi connectivity index (χ0) is 22.0. The predicted molar refractivity (Wildman–Crippen MR) is 123 cm³/mol. The number of morpholine rings is 1. The molecule has 3 heterocycles. The molecule has 1 aliphatic rings. The van der Waals surface area contributed by atoms with Gasteiger partial charge >= 0.3 is 0 Å². The Labute approximate surface area is 187 Å². The SMILES string of the molecule is COc1cc(C)c(CN2CCOC(c3cccc(Nc4nnc(C)s4)n3)C2)c(C)c1C. The molecule has 4 rings (SSSR count). The Bertz CT molecular complexity index is 1070.